The molecule has 0 spiro atoms. The zero-order valence-corrected chi connectivity index (χ0v) is 18.1. The molecule has 0 saturated heterocycles. The van der Waals surface area contributed by atoms with Crippen LogP contribution in [0.1, 0.15) is 27.0 Å². The number of nitrogens with zero attached hydrogens (tertiary/aromatic N) is 2. The SMILES string of the molecule is O=C(ON=C1C(=O)N(Cc2ccc(Cl)cc2Cl)c2ccccc21)c1cccc(C(F)(F)F)c1. The van der Waals surface area contributed by atoms with Crippen LogP contribution in [0.2, 0.25) is 10.0 Å². The second-order valence-corrected chi connectivity index (χ2v) is 7.89. The summed E-state index contributed by atoms with van der Waals surface area (Å²) in [6, 6.07) is 15.3. The summed E-state index contributed by atoms with van der Waals surface area (Å²) in [6.07, 6.45) is -4.62. The highest BCUT2D eigenvalue weighted by Gasteiger charge is 2.35. The molecule has 0 N–H and O–H groups in total. The minimum absolute atomic E-state index is 0.104. The summed E-state index contributed by atoms with van der Waals surface area (Å²) in [5.74, 6) is -1.68. The lowest BCUT2D eigenvalue weighted by Crippen LogP contribution is -2.30. The zero-order valence-electron chi connectivity index (χ0n) is 16.6. The van der Waals surface area contributed by atoms with E-state index in [2.05, 4.69) is 5.16 Å². The molecule has 4 rings (SSSR count). The van der Waals surface area contributed by atoms with Gasteiger partial charge in [0.1, 0.15) is 0 Å². The first-order valence-electron chi connectivity index (χ1n) is 9.47. The normalized spacial score (nSPS) is 14.5. The number of halogens is 5. The number of benzene rings is 3. The minimum atomic E-state index is -4.62. The van der Waals surface area contributed by atoms with Crippen molar-refractivity contribution in [2.75, 3.05) is 4.90 Å². The van der Waals surface area contributed by atoms with Crippen LogP contribution < -0.4 is 4.90 Å². The quantitative estimate of drug-likeness (QED) is 0.325. The van der Waals surface area contributed by atoms with Crippen LogP contribution in [0.4, 0.5) is 18.9 Å². The van der Waals surface area contributed by atoms with Crippen LogP contribution in [-0.4, -0.2) is 17.6 Å². The van der Waals surface area contributed by atoms with Crippen molar-refractivity contribution < 1.29 is 27.6 Å². The van der Waals surface area contributed by atoms with Gasteiger partial charge in [0.25, 0.3) is 5.91 Å². The van der Waals surface area contributed by atoms with Gasteiger partial charge in [-0.3, -0.25) is 4.79 Å². The molecule has 0 unspecified atom stereocenters. The summed E-state index contributed by atoms with van der Waals surface area (Å²) in [7, 11) is 0. The first-order valence-corrected chi connectivity index (χ1v) is 10.2. The number of rotatable bonds is 4. The van der Waals surface area contributed by atoms with Crippen LogP contribution >= 0.6 is 23.2 Å². The molecule has 0 radical (unpaired) electrons. The third-order valence-electron chi connectivity index (χ3n) is 4.89. The molecule has 0 bridgehead atoms. The summed E-state index contributed by atoms with van der Waals surface area (Å²) in [5.41, 5.74) is 0.0462. The molecule has 3 aromatic rings. The van der Waals surface area contributed by atoms with Crippen molar-refractivity contribution >= 4 is 46.5 Å². The Morgan fingerprint density at radius 2 is 1.76 bits per heavy atom. The van der Waals surface area contributed by atoms with Crippen LogP contribution in [0.15, 0.2) is 71.9 Å². The Bertz CT molecular complexity index is 1290. The molecule has 0 atom stereocenters. The number of hydrogen-bond donors (Lipinski definition) is 0. The minimum Gasteiger partial charge on any atom is -0.312 e. The topological polar surface area (TPSA) is 59.0 Å². The first kappa shape index (κ1) is 22.8. The van der Waals surface area contributed by atoms with E-state index in [0.717, 1.165) is 18.2 Å². The highest BCUT2D eigenvalue weighted by molar-refractivity contribution is 6.54. The summed E-state index contributed by atoms with van der Waals surface area (Å²) in [6.45, 7) is 0.104. The Hall–Kier alpha value is -3.36. The lowest BCUT2D eigenvalue weighted by molar-refractivity contribution is -0.137. The second kappa shape index (κ2) is 8.88. The predicted octanol–water partition coefficient (Wildman–Crippen LogP) is 6.12. The number of alkyl halides is 3. The van der Waals surface area contributed by atoms with E-state index in [9.17, 15) is 22.8 Å². The van der Waals surface area contributed by atoms with Gasteiger partial charge >= 0.3 is 12.1 Å². The standard InChI is InChI=1S/C23H13Cl2F3N2O3/c24-16-9-8-14(18(25)11-16)12-30-19-7-2-1-6-17(19)20(21(30)31)29-33-22(32)13-4-3-5-15(10-13)23(26,27)28/h1-11H,12H2. The number of carbonyl (C=O) groups is 2. The number of hydrogen-bond acceptors (Lipinski definition) is 4. The van der Waals surface area contributed by atoms with Gasteiger partial charge in [-0.2, -0.15) is 13.2 Å². The Morgan fingerprint density at radius 1 is 1.00 bits per heavy atom. The van der Waals surface area contributed by atoms with E-state index in [4.69, 9.17) is 28.0 Å². The number of amides is 1. The molecular formula is C23H13Cl2F3N2O3. The second-order valence-electron chi connectivity index (χ2n) is 7.04. The van der Waals surface area contributed by atoms with Gasteiger partial charge in [-0.05, 0) is 42.0 Å². The number of fused-ring (bicyclic) bond motifs is 1. The fraction of sp³-hybridized carbons (Fsp3) is 0.0870. The number of anilines is 1. The van der Waals surface area contributed by atoms with Crippen LogP contribution in [-0.2, 0) is 22.4 Å². The highest BCUT2D eigenvalue weighted by Crippen LogP contribution is 2.33. The van der Waals surface area contributed by atoms with E-state index in [1.807, 2.05) is 0 Å². The lowest BCUT2D eigenvalue weighted by atomic mass is 10.1. The molecule has 3 aromatic carbocycles. The first-order chi connectivity index (χ1) is 15.6. The largest absolute Gasteiger partial charge is 0.416 e. The van der Waals surface area contributed by atoms with E-state index < -0.39 is 23.6 Å². The molecular weight excluding hydrogens is 480 g/mol. The zero-order chi connectivity index (χ0) is 23.8. The predicted molar refractivity (Wildman–Crippen MR) is 117 cm³/mol. The Morgan fingerprint density at radius 3 is 2.48 bits per heavy atom. The summed E-state index contributed by atoms with van der Waals surface area (Å²) in [5, 5.41) is 4.50. The Balaban J connectivity index is 1.61. The maximum Gasteiger partial charge on any atom is 0.416 e. The molecule has 168 valence electrons. The molecule has 0 fully saturated rings. The monoisotopic (exact) mass is 492 g/mol. The van der Waals surface area contributed by atoms with Gasteiger partial charge in [0.2, 0.25) is 0 Å². The van der Waals surface area contributed by atoms with Crippen molar-refractivity contribution in [2.45, 2.75) is 12.7 Å². The molecule has 1 aliphatic rings. The molecule has 0 aromatic heterocycles. The number of carbonyl (C=O) groups excluding carboxylic acids is 2. The number of oxime groups is 1. The molecule has 0 aliphatic carbocycles. The van der Waals surface area contributed by atoms with Crippen molar-refractivity contribution in [3.63, 3.8) is 0 Å². The maximum absolute atomic E-state index is 13.1. The average Bonchev–Trinajstić information content (AvgIpc) is 3.04. The smallest absolute Gasteiger partial charge is 0.312 e. The van der Waals surface area contributed by atoms with E-state index in [-0.39, 0.29) is 17.8 Å². The van der Waals surface area contributed by atoms with Crippen molar-refractivity contribution in [3.8, 4) is 0 Å². The van der Waals surface area contributed by atoms with Crippen molar-refractivity contribution in [2.24, 2.45) is 5.16 Å². The van der Waals surface area contributed by atoms with E-state index in [1.165, 1.54) is 4.90 Å². The molecule has 5 nitrogen and oxygen atoms in total. The van der Waals surface area contributed by atoms with Crippen LogP contribution in [0.25, 0.3) is 0 Å². The van der Waals surface area contributed by atoms with Crippen molar-refractivity contribution in [3.05, 3.63) is 99.0 Å². The Labute approximate surface area is 196 Å². The maximum atomic E-state index is 13.1. The molecule has 0 saturated carbocycles. The van der Waals surface area contributed by atoms with Gasteiger partial charge in [-0.1, -0.05) is 58.7 Å². The molecule has 1 heterocycles. The average molecular weight is 493 g/mol. The summed E-state index contributed by atoms with van der Waals surface area (Å²) >= 11 is 12.2. The van der Waals surface area contributed by atoms with Crippen molar-refractivity contribution in [1.82, 2.24) is 0 Å². The lowest BCUT2D eigenvalue weighted by Gasteiger charge is -2.17. The fourth-order valence-electron chi connectivity index (χ4n) is 3.29. The van der Waals surface area contributed by atoms with Crippen LogP contribution in [0, 0.1) is 0 Å². The fourth-order valence-corrected chi connectivity index (χ4v) is 3.76. The van der Waals surface area contributed by atoms with Crippen LogP contribution in [0.3, 0.4) is 0 Å². The van der Waals surface area contributed by atoms with Crippen molar-refractivity contribution in [1.29, 1.82) is 0 Å². The van der Waals surface area contributed by atoms with Gasteiger partial charge in [0, 0.05) is 15.6 Å². The van der Waals surface area contributed by atoms with E-state index in [0.29, 0.717) is 32.9 Å². The van der Waals surface area contributed by atoms with Gasteiger partial charge in [-0.25, -0.2) is 4.79 Å². The van der Waals surface area contributed by atoms with Gasteiger partial charge in [-0.15, -0.1) is 0 Å². The third kappa shape index (κ3) is 4.72. The summed E-state index contributed by atoms with van der Waals surface area (Å²) < 4.78 is 38.7. The Kier molecular flexibility index (Phi) is 6.14. The molecule has 1 aliphatic heterocycles. The van der Waals surface area contributed by atoms with Crippen LogP contribution in [0.5, 0.6) is 0 Å². The third-order valence-corrected chi connectivity index (χ3v) is 5.47. The van der Waals surface area contributed by atoms with Gasteiger partial charge in [0.15, 0.2) is 5.71 Å². The molecule has 1 amide bonds. The molecule has 10 heteroatoms. The van der Waals surface area contributed by atoms with Gasteiger partial charge < -0.3 is 9.74 Å². The van der Waals surface area contributed by atoms with Gasteiger partial charge in [0.05, 0.1) is 23.4 Å². The van der Waals surface area contributed by atoms with E-state index in [1.54, 1.807) is 42.5 Å². The molecule has 33 heavy (non-hydrogen) atoms. The number of para-hydroxylation sites is 1. The summed E-state index contributed by atoms with van der Waals surface area (Å²) in [4.78, 5) is 31.6. The highest BCUT2D eigenvalue weighted by atomic mass is 35.5. The van der Waals surface area contributed by atoms with E-state index >= 15 is 0 Å².